The molecule has 37 heavy (non-hydrogen) atoms. The Kier molecular flexibility index (Phi) is 7.05. The number of amides is 2. The number of carbonyl (C=O) groups excluding carboxylic acids is 2. The highest BCUT2D eigenvalue weighted by atomic mass is 19.3. The van der Waals surface area contributed by atoms with E-state index in [0.717, 1.165) is 29.1 Å². The molecule has 0 saturated carbocycles. The number of likely N-dealkylation sites (tertiary alicyclic amines) is 1. The Morgan fingerprint density at radius 2 is 2.05 bits per heavy atom. The van der Waals surface area contributed by atoms with Crippen LogP contribution < -0.4 is 5.32 Å². The summed E-state index contributed by atoms with van der Waals surface area (Å²) in [7, 11) is 1.91. The Bertz CT molecular complexity index is 1400. The van der Waals surface area contributed by atoms with Gasteiger partial charge in [0.1, 0.15) is 5.65 Å². The van der Waals surface area contributed by atoms with Crippen LogP contribution in [0, 0.1) is 24.2 Å². The van der Waals surface area contributed by atoms with E-state index in [1.54, 1.807) is 29.3 Å². The lowest BCUT2D eigenvalue weighted by Crippen LogP contribution is -2.49. The van der Waals surface area contributed by atoms with Crippen molar-refractivity contribution < 1.29 is 18.4 Å². The van der Waals surface area contributed by atoms with E-state index < -0.39 is 17.7 Å². The highest BCUT2D eigenvalue weighted by Crippen LogP contribution is 2.39. The van der Waals surface area contributed by atoms with Gasteiger partial charge < -0.3 is 14.8 Å². The van der Waals surface area contributed by atoms with Crippen molar-refractivity contribution >= 4 is 28.5 Å². The lowest BCUT2D eigenvalue weighted by Gasteiger charge is -2.39. The highest BCUT2D eigenvalue weighted by Gasteiger charge is 2.41. The molecule has 3 aromatic rings. The van der Waals surface area contributed by atoms with Crippen molar-refractivity contribution in [3.8, 4) is 6.07 Å². The normalized spacial score (nSPS) is 18.9. The van der Waals surface area contributed by atoms with Crippen LogP contribution in [-0.4, -0.2) is 44.8 Å². The molecule has 0 spiro atoms. The van der Waals surface area contributed by atoms with Crippen LogP contribution in [0.5, 0.6) is 0 Å². The second-order valence-electron chi connectivity index (χ2n) is 10.1. The number of carbonyl (C=O) groups is 2. The molecule has 0 aliphatic carbocycles. The summed E-state index contributed by atoms with van der Waals surface area (Å²) in [6.45, 7) is 6.31. The summed E-state index contributed by atoms with van der Waals surface area (Å²) < 4.78 is 29.5. The van der Waals surface area contributed by atoms with E-state index in [4.69, 9.17) is 5.26 Å². The first-order chi connectivity index (χ1) is 17.4. The number of nitrogens with one attached hydrogen (secondary N) is 1. The van der Waals surface area contributed by atoms with Gasteiger partial charge in [-0.15, -0.1) is 0 Å². The molecule has 9 heteroatoms. The van der Waals surface area contributed by atoms with Crippen molar-refractivity contribution in [1.82, 2.24) is 14.5 Å². The number of fused-ring (bicyclic) bond motifs is 1. The standard InChI is InChI=1S/C28H31F2N5O2/c1-16-11-20(9-10-35(16)27(37)18(3)28(4,29)30)22-15-34(5)25-24(22)17(2)23(14-32-25)33-26(36)21-8-6-7-19(12-21)13-31/h6-8,12,14-16,18,20H,9-11H2,1-5H3,(H,33,36)/t16-,18+,20+/m0/s1. The first kappa shape index (κ1) is 26.3. The predicted molar refractivity (Wildman–Crippen MR) is 137 cm³/mol. The number of nitrogens with zero attached hydrogens (tertiary/aromatic N) is 4. The molecule has 1 aromatic carbocycles. The number of pyridine rings is 1. The molecular formula is C28H31F2N5O2. The molecule has 0 unspecified atom stereocenters. The Balaban J connectivity index is 1.60. The number of hydrogen-bond acceptors (Lipinski definition) is 4. The van der Waals surface area contributed by atoms with E-state index in [1.807, 2.05) is 37.7 Å². The van der Waals surface area contributed by atoms with Gasteiger partial charge in [0.2, 0.25) is 5.91 Å². The molecule has 4 rings (SSSR count). The molecule has 2 amide bonds. The number of piperidine rings is 1. The van der Waals surface area contributed by atoms with Gasteiger partial charge in [-0.1, -0.05) is 6.07 Å². The molecule has 7 nitrogen and oxygen atoms in total. The number of halogens is 2. The number of rotatable bonds is 5. The van der Waals surface area contributed by atoms with Gasteiger partial charge in [0.15, 0.2) is 0 Å². The molecule has 3 heterocycles. The number of anilines is 1. The number of aryl methyl sites for hydroxylation is 2. The lowest BCUT2D eigenvalue weighted by molar-refractivity contribution is -0.150. The summed E-state index contributed by atoms with van der Waals surface area (Å²) in [4.78, 5) is 31.8. The first-order valence-electron chi connectivity index (χ1n) is 12.4. The van der Waals surface area contributed by atoms with Crippen molar-refractivity contribution in [2.24, 2.45) is 13.0 Å². The molecule has 1 aliphatic heterocycles. The van der Waals surface area contributed by atoms with Gasteiger partial charge >= 0.3 is 0 Å². The number of alkyl halides is 2. The topological polar surface area (TPSA) is 91.0 Å². The van der Waals surface area contributed by atoms with Gasteiger partial charge in [-0.05, 0) is 68.9 Å². The smallest absolute Gasteiger partial charge is 0.256 e. The number of hydrogen-bond donors (Lipinski definition) is 1. The van der Waals surface area contributed by atoms with E-state index in [2.05, 4.69) is 10.3 Å². The van der Waals surface area contributed by atoms with Gasteiger partial charge in [-0.25, -0.2) is 13.8 Å². The number of aromatic nitrogens is 2. The second kappa shape index (κ2) is 9.92. The molecule has 3 atom stereocenters. The molecule has 0 radical (unpaired) electrons. The van der Waals surface area contributed by atoms with Crippen LogP contribution in [0.25, 0.3) is 11.0 Å². The SMILES string of the molecule is Cc1c(NC(=O)c2cccc(C#N)c2)cnc2c1c([C@@H]1CCN(C(=O)[C@@H](C)C(C)(F)F)[C@@H](C)C1)cn2C. The maximum Gasteiger partial charge on any atom is 0.256 e. The van der Waals surface area contributed by atoms with E-state index in [-0.39, 0.29) is 17.9 Å². The average Bonchev–Trinajstić information content (AvgIpc) is 3.21. The van der Waals surface area contributed by atoms with Crippen molar-refractivity contribution in [3.63, 3.8) is 0 Å². The van der Waals surface area contributed by atoms with Gasteiger partial charge in [-0.2, -0.15) is 5.26 Å². The number of benzene rings is 1. The molecule has 1 fully saturated rings. The summed E-state index contributed by atoms with van der Waals surface area (Å²) >= 11 is 0. The Morgan fingerprint density at radius 3 is 2.70 bits per heavy atom. The fourth-order valence-corrected chi connectivity index (χ4v) is 5.14. The van der Waals surface area contributed by atoms with Gasteiger partial charge in [0, 0.05) is 43.7 Å². The highest BCUT2D eigenvalue weighted by molar-refractivity contribution is 6.06. The Labute approximate surface area is 215 Å². The quantitative estimate of drug-likeness (QED) is 0.501. The monoisotopic (exact) mass is 507 g/mol. The molecule has 2 aromatic heterocycles. The zero-order valence-corrected chi connectivity index (χ0v) is 21.7. The van der Waals surface area contributed by atoms with Crippen LogP contribution in [0.15, 0.2) is 36.7 Å². The van der Waals surface area contributed by atoms with Crippen LogP contribution in [0.3, 0.4) is 0 Å². The summed E-state index contributed by atoms with van der Waals surface area (Å²) in [5.41, 5.74) is 4.08. The minimum atomic E-state index is -3.07. The van der Waals surface area contributed by atoms with Crippen LogP contribution in [0.2, 0.25) is 0 Å². The van der Waals surface area contributed by atoms with Gasteiger partial charge in [0.25, 0.3) is 11.8 Å². The van der Waals surface area contributed by atoms with Crippen molar-refractivity contribution in [1.29, 1.82) is 5.26 Å². The van der Waals surface area contributed by atoms with Crippen LogP contribution in [0.1, 0.15) is 66.6 Å². The van der Waals surface area contributed by atoms with E-state index in [0.29, 0.717) is 36.2 Å². The molecule has 0 bridgehead atoms. The Morgan fingerprint density at radius 1 is 1.32 bits per heavy atom. The molecule has 194 valence electrons. The zero-order chi connectivity index (χ0) is 27.1. The predicted octanol–water partition coefficient (Wildman–Crippen LogP) is 5.39. The van der Waals surface area contributed by atoms with Crippen LogP contribution in [0.4, 0.5) is 14.5 Å². The average molecular weight is 508 g/mol. The second-order valence-corrected chi connectivity index (χ2v) is 10.1. The fourth-order valence-electron chi connectivity index (χ4n) is 5.14. The van der Waals surface area contributed by atoms with Gasteiger partial charge in [0.05, 0.1) is 29.4 Å². The summed E-state index contributed by atoms with van der Waals surface area (Å²) in [6.07, 6.45) is 4.95. The maximum absolute atomic E-state index is 13.8. The van der Waals surface area contributed by atoms with Crippen molar-refractivity contribution in [2.45, 2.75) is 58.4 Å². The zero-order valence-electron chi connectivity index (χ0n) is 21.7. The molecule has 1 aliphatic rings. The fraction of sp³-hybridized carbons (Fsp3) is 0.429. The molecular weight excluding hydrogens is 476 g/mol. The van der Waals surface area contributed by atoms with Crippen molar-refractivity contribution in [3.05, 3.63) is 58.9 Å². The third-order valence-electron chi connectivity index (χ3n) is 7.51. The number of nitriles is 1. The third-order valence-corrected chi connectivity index (χ3v) is 7.51. The Hall–Kier alpha value is -3.80. The molecule has 1 saturated heterocycles. The largest absolute Gasteiger partial charge is 0.340 e. The van der Waals surface area contributed by atoms with Gasteiger partial charge in [-0.3, -0.25) is 9.59 Å². The minimum Gasteiger partial charge on any atom is -0.340 e. The molecule has 1 N–H and O–H groups in total. The van der Waals surface area contributed by atoms with Crippen LogP contribution in [-0.2, 0) is 11.8 Å². The minimum absolute atomic E-state index is 0.110. The van der Waals surface area contributed by atoms with Crippen LogP contribution >= 0.6 is 0 Å². The maximum atomic E-state index is 13.8. The summed E-state index contributed by atoms with van der Waals surface area (Å²) in [6, 6.07) is 8.34. The van der Waals surface area contributed by atoms with E-state index in [1.165, 1.54) is 13.0 Å². The van der Waals surface area contributed by atoms with Crippen molar-refractivity contribution in [2.75, 3.05) is 11.9 Å². The van der Waals surface area contributed by atoms with E-state index >= 15 is 0 Å². The summed E-state index contributed by atoms with van der Waals surface area (Å²) in [5.74, 6) is -5.17. The summed E-state index contributed by atoms with van der Waals surface area (Å²) in [5, 5.41) is 13.0. The van der Waals surface area contributed by atoms with E-state index in [9.17, 15) is 18.4 Å². The first-order valence-corrected chi connectivity index (χ1v) is 12.4. The third kappa shape index (κ3) is 5.06. The lowest BCUT2D eigenvalue weighted by atomic mass is 9.84.